The predicted molar refractivity (Wildman–Crippen MR) is 139 cm³/mol. The Morgan fingerprint density at radius 3 is 2.66 bits per heavy atom. The maximum Gasteiger partial charge on any atom is 0.281 e. The van der Waals surface area contributed by atoms with Gasteiger partial charge in [0.15, 0.2) is 18.1 Å². The Labute approximate surface area is 211 Å². The van der Waals surface area contributed by atoms with Crippen LogP contribution in [0.15, 0.2) is 29.4 Å². The fourth-order valence-electron chi connectivity index (χ4n) is 5.05. The van der Waals surface area contributed by atoms with Gasteiger partial charge in [0.25, 0.3) is 11.8 Å². The van der Waals surface area contributed by atoms with Crippen molar-refractivity contribution in [3.63, 3.8) is 0 Å². The number of hydrogen-bond donors (Lipinski definition) is 1. The number of carbonyl (C=O) groups excluding carboxylic acids is 2. The van der Waals surface area contributed by atoms with E-state index in [1.165, 1.54) is 16.9 Å². The fourth-order valence-corrected chi connectivity index (χ4v) is 6.15. The Kier molecular flexibility index (Phi) is 8.11. The SMILES string of the molecule is COc1cc(/C=N\NC(=O)c2cc3c(s2)CC[C@H](C)C3)ccc1OCC(=O)N1[C@H](C)CCC[C@H]1C. The Hall–Kier alpha value is -2.87. The molecule has 2 amide bonds. The molecular formula is C27H35N3O4S. The summed E-state index contributed by atoms with van der Waals surface area (Å²) in [4.78, 5) is 29.3. The highest BCUT2D eigenvalue weighted by Gasteiger charge is 2.29. The molecule has 1 aromatic carbocycles. The number of nitrogens with zero attached hydrogens (tertiary/aromatic N) is 2. The van der Waals surface area contributed by atoms with E-state index in [1.807, 2.05) is 17.0 Å². The van der Waals surface area contributed by atoms with Crippen LogP contribution in [0, 0.1) is 5.92 Å². The number of methoxy groups -OCH3 is 1. The lowest BCUT2D eigenvalue weighted by Gasteiger charge is -2.39. The van der Waals surface area contributed by atoms with E-state index >= 15 is 0 Å². The highest BCUT2D eigenvalue weighted by Crippen LogP contribution is 2.32. The van der Waals surface area contributed by atoms with E-state index < -0.39 is 0 Å². The van der Waals surface area contributed by atoms with E-state index in [0.717, 1.165) is 37.7 Å². The van der Waals surface area contributed by atoms with Crippen molar-refractivity contribution in [1.29, 1.82) is 0 Å². The van der Waals surface area contributed by atoms with Gasteiger partial charge in [-0.3, -0.25) is 9.59 Å². The molecule has 8 heteroatoms. The van der Waals surface area contributed by atoms with E-state index in [0.29, 0.717) is 22.3 Å². The zero-order valence-electron chi connectivity index (χ0n) is 21.0. The highest BCUT2D eigenvalue weighted by atomic mass is 32.1. The van der Waals surface area contributed by atoms with Gasteiger partial charge < -0.3 is 14.4 Å². The quantitative estimate of drug-likeness (QED) is 0.440. The van der Waals surface area contributed by atoms with Gasteiger partial charge in [-0.2, -0.15) is 5.10 Å². The van der Waals surface area contributed by atoms with Crippen molar-refractivity contribution >= 4 is 29.4 Å². The molecule has 0 bridgehead atoms. The number of hydrogen-bond acceptors (Lipinski definition) is 6. The lowest BCUT2D eigenvalue weighted by Crippen LogP contribution is -2.49. The van der Waals surface area contributed by atoms with Gasteiger partial charge in [0.2, 0.25) is 0 Å². The number of fused-ring (bicyclic) bond motifs is 1. The maximum atomic E-state index is 12.8. The summed E-state index contributed by atoms with van der Waals surface area (Å²) < 4.78 is 11.3. The van der Waals surface area contributed by atoms with Crippen molar-refractivity contribution < 1.29 is 19.1 Å². The number of ether oxygens (including phenoxy) is 2. The average Bonchev–Trinajstić information content (AvgIpc) is 3.26. The van der Waals surface area contributed by atoms with E-state index in [1.54, 1.807) is 36.8 Å². The molecule has 0 spiro atoms. The Bertz CT molecular complexity index is 1090. The molecule has 1 saturated heterocycles. The summed E-state index contributed by atoms with van der Waals surface area (Å²) in [5.41, 5.74) is 4.67. The van der Waals surface area contributed by atoms with Crippen LogP contribution in [0.5, 0.6) is 11.5 Å². The molecule has 1 fully saturated rings. The second-order valence-electron chi connectivity index (χ2n) is 9.74. The summed E-state index contributed by atoms with van der Waals surface area (Å²) in [6, 6.07) is 7.81. The number of hydrazone groups is 1. The van der Waals surface area contributed by atoms with E-state index in [-0.39, 0.29) is 30.5 Å². The number of nitrogens with one attached hydrogen (secondary N) is 1. The summed E-state index contributed by atoms with van der Waals surface area (Å²) >= 11 is 1.56. The van der Waals surface area contributed by atoms with Gasteiger partial charge in [0, 0.05) is 17.0 Å². The molecule has 1 aromatic heterocycles. The molecule has 1 N–H and O–H groups in total. The van der Waals surface area contributed by atoms with Gasteiger partial charge in [0.05, 0.1) is 18.2 Å². The molecule has 0 unspecified atom stereocenters. The van der Waals surface area contributed by atoms with Crippen molar-refractivity contribution in [2.75, 3.05) is 13.7 Å². The topological polar surface area (TPSA) is 80.2 Å². The van der Waals surface area contributed by atoms with E-state index in [4.69, 9.17) is 9.47 Å². The fraction of sp³-hybridized carbons (Fsp3) is 0.519. The molecule has 35 heavy (non-hydrogen) atoms. The molecule has 0 radical (unpaired) electrons. The standard InChI is InChI=1S/C27H35N3O4S/c1-17-8-11-24-21(12-17)14-25(35-24)27(32)29-28-15-20-9-10-22(23(13-20)33-4)34-16-26(31)30-18(2)6-5-7-19(30)3/h9-10,13-15,17-19H,5-8,11-12,16H2,1-4H3,(H,29,32)/b28-15-/t17-,18+,19+/m0/s1. The normalized spacial score (nSPS) is 22.1. The minimum absolute atomic E-state index is 0.00943. The van der Waals surface area contributed by atoms with E-state index in [2.05, 4.69) is 31.3 Å². The molecule has 1 aliphatic heterocycles. The van der Waals surface area contributed by atoms with Gasteiger partial charge in [0.1, 0.15) is 0 Å². The molecule has 2 aliphatic rings. The van der Waals surface area contributed by atoms with Crippen LogP contribution in [0.25, 0.3) is 0 Å². The highest BCUT2D eigenvalue weighted by molar-refractivity contribution is 7.14. The summed E-state index contributed by atoms with van der Waals surface area (Å²) in [5.74, 6) is 1.47. The summed E-state index contributed by atoms with van der Waals surface area (Å²) in [6.07, 6.45) is 8.04. The number of amides is 2. The third kappa shape index (κ3) is 6.04. The van der Waals surface area contributed by atoms with Gasteiger partial charge in [-0.15, -0.1) is 11.3 Å². The minimum Gasteiger partial charge on any atom is -0.493 e. The third-order valence-corrected chi connectivity index (χ3v) is 8.19. The van der Waals surface area contributed by atoms with Gasteiger partial charge >= 0.3 is 0 Å². The van der Waals surface area contributed by atoms with Crippen LogP contribution in [0.1, 0.15) is 72.1 Å². The first kappa shape index (κ1) is 25.2. The number of carbonyl (C=O) groups is 2. The molecule has 2 heterocycles. The Morgan fingerprint density at radius 1 is 1.14 bits per heavy atom. The number of piperidine rings is 1. The molecule has 4 rings (SSSR count). The van der Waals surface area contributed by atoms with Crippen molar-refractivity contribution in [3.8, 4) is 11.5 Å². The Balaban J connectivity index is 1.34. The zero-order chi connectivity index (χ0) is 24.9. The number of benzene rings is 1. The monoisotopic (exact) mass is 497 g/mol. The van der Waals surface area contributed by atoms with Crippen LogP contribution in [0.4, 0.5) is 0 Å². The molecule has 1 aliphatic carbocycles. The second kappa shape index (κ2) is 11.2. The van der Waals surface area contributed by atoms with Gasteiger partial charge in [-0.1, -0.05) is 6.92 Å². The zero-order valence-corrected chi connectivity index (χ0v) is 21.8. The maximum absolute atomic E-state index is 12.8. The molecule has 188 valence electrons. The number of rotatable bonds is 7. The van der Waals surface area contributed by atoms with Crippen LogP contribution >= 0.6 is 11.3 Å². The molecule has 7 nitrogen and oxygen atoms in total. The summed E-state index contributed by atoms with van der Waals surface area (Å²) in [7, 11) is 1.56. The van der Waals surface area contributed by atoms with Crippen LogP contribution in [0.2, 0.25) is 0 Å². The molecular weight excluding hydrogens is 462 g/mol. The minimum atomic E-state index is -0.195. The molecule has 0 saturated carbocycles. The van der Waals surface area contributed by atoms with Crippen molar-refractivity contribution in [1.82, 2.24) is 10.3 Å². The first-order valence-electron chi connectivity index (χ1n) is 12.4. The number of thiophene rings is 1. The van der Waals surface area contributed by atoms with Crippen molar-refractivity contribution in [2.45, 2.75) is 71.4 Å². The van der Waals surface area contributed by atoms with Crippen LogP contribution in [-0.2, 0) is 17.6 Å². The van der Waals surface area contributed by atoms with Crippen molar-refractivity contribution in [3.05, 3.63) is 45.1 Å². The summed E-state index contributed by atoms with van der Waals surface area (Å²) in [6.45, 7) is 6.41. The van der Waals surface area contributed by atoms with Crippen LogP contribution in [-0.4, -0.2) is 48.7 Å². The molecule has 2 aromatic rings. The Morgan fingerprint density at radius 2 is 1.91 bits per heavy atom. The number of likely N-dealkylation sites (tertiary alicyclic amines) is 1. The van der Waals surface area contributed by atoms with Gasteiger partial charge in [-0.25, -0.2) is 5.43 Å². The lowest BCUT2D eigenvalue weighted by molar-refractivity contribution is -0.139. The number of aryl methyl sites for hydroxylation is 1. The smallest absolute Gasteiger partial charge is 0.281 e. The third-order valence-electron chi connectivity index (χ3n) is 6.95. The first-order valence-corrected chi connectivity index (χ1v) is 13.2. The van der Waals surface area contributed by atoms with Gasteiger partial charge in [-0.05, 0) is 93.7 Å². The first-order chi connectivity index (χ1) is 16.9. The largest absolute Gasteiger partial charge is 0.493 e. The van der Waals surface area contributed by atoms with E-state index in [9.17, 15) is 9.59 Å². The second-order valence-corrected chi connectivity index (χ2v) is 10.9. The molecule has 3 atom stereocenters. The van der Waals surface area contributed by atoms with Crippen LogP contribution in [0.3, 0.4) is 0 Å². The van der Waals surface area contributed by atoms with Crippen LogP contribution < -0.4 is 14.9 Å². The van der Waals surface area contributed by atoms with Crippen molar-refractivity contribution in [2.24, 2.45) is 11.0 Å². The lowest BCUT2D eigenvalue weighted by atomic mass is 9.90. The average molecular weight is 498 g/mol. The predicted octanol–water partition coefficient (Wildman–Crippen LogP) is 4.81. The summed E-state index contributed by atoms with van der Waals surface area (Å²) in [5, 5.41) is 4.12.